The summed E-state index contributed by atoms with van der Waals surface area (Å²) >= 11 is 24.5. The minimum absolute atomic E-state index is 0.0200. The van der Waals surface area contributed by atoms with Gasteiger partial charge < -0.3 is 29.1 Å². The predicted octanol–water partition coefficient (Wildman–Crippen LogP) is 10.0. The van der Waals surface area contributed by atoms with Gasteiger partial charge in [-0.05, 0) is 167 Å². The summed E-state index contributed by atoms with van der Waals surface area (Å²) in [5, 5.41) is 1.89. The van der Waals surface area contributed by atoms with Crippen molar-refractivity contribution in [2.24, 2.45) is 0 Å². The second-order valence-corrected chi connectivity index (χ2v) is 22.6. The predicted molar refractivity (Wildman–Crippen MR) is 262 cm³/mol. The molecule has 4 amide bonds. The Morgan fingerprint density at radius 1 is 0.470 bits per heavy atom. The smallest absolute Gasteiger partial charge is 0.410 e. The van der Waals surface area contributed by atoms with Gasteiger partial charge in [-0.3, -0.25) is 19.4 Å². The molecular weight excluding hydrogens is 922 g/mol. The lowest BCUT2D eigenvalue weighted by molar-refractivity contribution is -0.143. The fraction of sp³-hybridized carbons (Fsp3) is 0.680. The molecule has 6 aliphatic rings. The Kier molecular flexibility index (Phi) is 16.8. The van der Waals surface area contributed by atoms with Crippen molar-refractivity contribution in [1.29, 1.82) is 0 Å². The normalized spacial score (nSPS) is 26.3. The molecule has 66 heavy (non-hydrogen) atoms. The molecule has 12 nitrogen and oxygen atoms in total. The first-order valence-corrected chi connectivity index (χ1v) is 25.7. The second kappa shape index (κ2) is 21.7. The van der Waals surface area contributed by atoms with Crippen LogP contribution in [0.25, 0.3) is 0 Å². The molecule has 0 radical (unpaired) electrons. The standard InChI is InChI=1S/2C25H35Cl2N3O3/c2*1-25(2,3)33-24(32)29-13-14-30(22(31)16-17-9-10-18(26)19(27)15-17)23-20(7-6-8-21(23)29)28-11-4-5-12-28/h2*9-10,15,20-21,23H,4-8,11-14,16H2,1-3H3/t2*20-,21-,23+/m10/s1. The Balaban J connectivity index is 0.000000196. The highest BCUT2D eigenvalue weighted by molar-refractivity contribution is 6.42. The van der Waals surface area contributed by atoms with Gasteiger partial charge in [0.25, 0.3) is 0 Å². The number of nitrogens with zero attached hydrogens (tertiary/aromatic N) is 6. The topological polar surface area (TPSA) is 106 Å². The van der Waals surface area contributed by atoms with Crippen LogP contribution in [-0.4, -0.2) is 153 Å². The lowest BCUT2D eigenvalue weighted by Gasteiger charge is -2.54. The number of fused-ring (bicyclic) bond motifs is 2. The molecule has 8 rings (SSSR count). The zero-order valence-corrected chi connectivity index (χ0v) is 42.7. The molecule has 0 unspecified atom stereocenters. The molecule has 2 aromatic rings. The van der Waals surface area contributed by atoms with Crippen LogP contribution in [0.4, 0.5) is 9.59 Å². The Labute approximate surface area is 412 Å². The maximum Gasteiger partial charge on any atom is 0.410 e. The van der Waals surface area contributed by atoms with Crippen LogP contribution < -0.4 is 0 Å². The van der Waals surface area contributed by atoms with Crippen LogP contribution in [0.5, 0.6) is 0 Å². The summed E-state index contributed by atoms with van der Waals surface area (Å²) in [7, 11) is 0. The van der Waals surface area contributed by atoms with E-state index in [4.69, 9.17) is 55.9 Å². The van der Waals surface area contributed by atoms with Gasteiger partial charge in [-0.2, -0.15) is 0 Å². The summed E-state index contributed by atoms with van der Waals surface area (Å²) < 4.78 is 11.5. The molecule has 2 aliphatic carbocycles. The minimum atomic E-state index is -0.545. The molecule has 0 bridgehead atoms. The van der Waals surface area contributed by atoms with Crippen LogP contribution in [0.3, 0.4) is 0 Å². The van der Waals surface area contributed by atoms with E-state index in [0.29, 0.717) is 46.3 Å². The summed E-state index contributed by atoms with van der Waals surface area (Å²) in [5.74, 6) is 0.164. The monoisotopic (exact) mass is 990 g/mol. The quantitative estimate of drug-likeness (QED) is 0.282. The molecule has 4 heterocycles. The van der Waals surface area contributed by atoms with E-state index in [1.165, 1.54) is 25.7 Å². The molecule has 0 aromatic heterocycles. The number of rotatable bonds is 6. The molecule has 364 valence electrons. The zero-order chi connectivity index (χ0) is 47.5. The first-order valence-electron chi connectivity index (χ1n) is 24.2. The highest BCUT2D eigenvalue weighted by Gasteiger charge is 2.51. The van der Waals surface area contributed by atoms with E-state index >= 15 is 0 Å². The average Bonchev–Trinajstić information content (AvgIpc) is 4.00. The van der Waals surface area contributed by atoms with Crippen molar-refractivity contribution in [1.82, 2.24) is 29.4 Å². The van der Waals surface area contributed by atoms with Crippen LogP contribution in [0.2, 0.25) is 20.1 Å². The number of piperazine rings is 2. The number of hydrogen-bond acceptors (Lipinski definition) is 8. The van der Waals surface area contributed by atoms with Gasteiger partial charge in [0.05, 0.1) is 57.1 Å². The summed E-state index contributed by atoms with van der Waals surface area (Å²) in [6.07, 6.45) is 10.8. The van der Waals surface area contributed by atoms with Crippen molar-refractivity contribution in [3.63, 3.8) is 0 Å². The number of ether oxygens (including phenoxy) is 2. The second-order valence-electron chi connectivity index (χ2n) is 21.0. The lowest BCUT2D eigenvalue weighted by atomic mass is 9.81. The van der Waals surface area contributed by atoms with E-state index in [1.807, 2.05) is 73.3 Å². The van der Waals surface area contributed by atoms with Gasteiger partial charge in [-0.25, -0.2) is 9.59 Å². The van der Waals surface area contributed by atoms with Crippen LogP contribution >= 0.6 is 46.4 Å². The van der Waals surface area contributed by atoms with Crippen molar-refractivity contribution in [3.8, 4) is 0 Å². The highest BCUT2D eigenvalue weighted by atomic mass is 35.5. The Morgan fingerprint density at radius 2 is 0.803 bits per heavy atom. The number of carbonyl (C=O) groups excluding carboxylic acids is 4. The molecule has 2 aromatic carbocycles. The fourth-order valence-corrected chi connectivity index (χ4v) is 12.0. The van der Waals surface area contributed by atoms with Crippen molar-refractivity contribution in [2.45, 2.75) is 166 Å². The number of amides is 4. The third-order valence-electron chi connectivity index (χ3n) is 14.1. The number of benzene rings is 2. The molecule has 16 heteroatoms. The van der Waals surface area contributed by atoms with Crippen molar-refractivity contribution in [3.05, 3.63) is 67.6 Å². The molecule has 6 atom stereocenters. The van der Waals surface area contributed by atoms with Crippen LogP contribution in [-0.2, 0) is 31.9 Å². The largest absolute Gasteiger partial charge is 0.444 e. The van der Waals surface area contributed by atoms with E-state index in [2.05, 4.69) is 9.80 Å². The van der Waals surface area contributed by atoms with Gasteiger partial charge in [0, 0.05) is 38.3 Å². The molecule has 0 spiro atoms. The minimum Gasteiger partial charge on any atom is -0.444 e. The molecule has 2 saturated carbocycles. The van der Waals surface area contributed by atoms with Crippen LogP contribution in [0, 0.1) is 0 Å². The van der Waals surface area contributed by atoms with E-state index < -0.39 is 11.2 Å². The molecular formula is C50H70Cl4N6O6. The summed E-state index contributed by atoms with van der Waals surface area (Å²) in [6.45, 7) is 17.7. The van der Waals surface area contributed by atoms with Gasteiger partial charge in [-0.1, -0.05) is 58.5 Å². The number of hydrogen-bond donors (Lipinski definition) is 0. The third kappa shape index (κ3) is 12.4. The van der Waals surface area contributed by atoms with Gasteiger partial charge >= 0.3 is 12.2 Å². The summed E-state index contributed by atoms with van der Waals surface area (Å²) in [6, 6.07) is 11.2. The first-order chi connectivity index (χ1) is 31.3. The SMILES string of the molecule is CC(C)(C)OC(=O)N1CCN(C(=O)Cc2ccc(Cl)c(Cl)c2)[C@@H]2[C@@H](N3CCCC3)CCC[C@@H]21.CC(C)(C)OC(=O)N1CCN(C(=O)Cc2ccc(Cl)c(Cl)c2)[C@H]2[C@H](N3CCCC3)CCC[C@H]21. The van der Waals surface area contributed by atoms with E-state index in [1.54, 1.807) is 24.3 Å². The van der Waals surface area contributed by atoms with E-state index in [-0.39, 0.29) is 73.1 Å². The summed E-state index contributed by atoms with van der Waals surface area (Å²) in [5.41, 5.74) is 0.621. The lowest BCUT2D eigenvalue weighted by Crippen LogP contribution is -2.69. The maximum absolute atomic E-state index is 13.6. The first kappa shape index (κ1) is 50.9. The van der Waals surface area contributed by atoms with Gasteiger partial charge in [-0.15, -0.1) is 0 Å². The highest BCUT2D eigenvalue weighted by Crippen LogP contribution is 2.38. The van der Waals surface area contributed by atoms with Crippen molar-refractivity contribution >= 4 is 70.4 Å². The average molecular weight is 993 g/mol. The van der Waals surface area contributed by atoms with Gasteiger partial charge in [0.2, 0.25) is 11.8 Å². The summed E-state index contributed by atoms with van der Waals surface area (Å²) in [4.78, 5) is 66.3. The van der Waals surface area contributed by atoms with Crippen molar-refractivity contribution in [2.75, 3.05) is 52.4 Å². The number of halogens is 4. The van der Waals surface area contributed by atoms with Crippen molar-refractivity contribution < 1.29 is 28.7 Å². The Morgan fingerprint density at radius 3 is 1.14 bits per heavy atom. The fourth-order valence-electron chi connectivity index (χ4n) is 11.3. The van der Waals surface area contributed by atoms with Crippen LogP contribution in [0.15, 0.2) is 36.4 Å². The molecule has 4 saturated heterocycles. The number of carbonyl (C=O) groups is 4. The van der Waals surface area contributed by atoms with Gasteiger partial charge in [0.1, 0.15) is 11.2 Å². The van der Waals surface area contributed by atoms with Gasteiger partial charge in [0.15, 0.2) is 0 Å². The Hall–Kier alpha value is -3.00. The molecule has 4 aliphatic heterocycles. The third-order valence-corrected chi connectivity index (χ3v) is 15.5. The van der Waals surface area contributed by atoms with E-state index in [9.17, 15) is 19.2 Å². The number of likely N-dealkylation sites (tertiary alicyclic amines) is 2. The maximum atomic E-state index is 13.6. The Bertz CT molecular complexity index is 1910. The zero-order valence-electron chi connectivity index (χ0n) is 39.7. The molecule has 6 fully saturated rings. The van der Waals surface area contributed by atoms with E-state index in [0.717, 1.165) is 75.8 Å². The van der Waals surface area contributed by atoms with Crippen LogP contribution in [0.1, 0.15) is 117 Å². The molecule has 0 N–H and O–H groups in total.